The van der Waals surface area contributed by atoms with Crippen LogP contribution in [0.1, 0.15) is 18.5 Å². The van der Waals surface area contributed by atoms with Crippen LogP contribution in [0.15, 0.2) is 12.5 Å². The van der Waals surface area contributed by atoms with E-state index in [1.807, 2.05) is 12.5 Å². The Kier molecular flexibility index (Phi) is 4.32. The first-order valence-electron chi connectivity index (χ1n) is 7.40. The summed E-state index contributed by atoms with van der Waals surface area (Å²) in [5.74, 6) is 0.162. The van der Waals surface area contributed by atoms with Crippen molar-refractivity contribution in [1.82, 2.24) is 19.8 Å². The van der Waals surface area contributed by atoms with Gasteiger partial charge in [-0.15, -0.1) is 0 Å². The van der Waals surface area contributed by atoms with Crippen molar-refractivity contribution in [1.29, 1.82) is 0 Å². The van der Waals surface area contributed by atoms with Gasteiger partial charge in [0, 0.05) is 57.0 Å². The monoisotopic (exact) mass is 278 g/mol. The molecule has 1 amide bonds. The van der Waals surface area contributed by atoms with Gasteiger partial charge in [0.05, 0.1) is 19.5 Å². The van der Waals surface area contributed by atoms with Gasteiger partial charge >= 0.3 is 0 Å². The Balaban J connectivity index is 1.41. The van der Waals surface area contributed by atoms with Crippen LogP contribution in [-0.2, 0) is 22.5 Å². The highest BCUT2D eigenvalue weighted by atomic mass is 16.5. The van der Waals surface area contributed by atoms with Gasteiger partial charge in [-0.05, 0) is 6.42 Å². The van der Waals surface area contributed by atoms with E-state index in [1.54, 1.807) is 0 Å². The quantitative estimate of drug-likeness (QED) is 0.844. The molecule has 0 aliphatic carbocycles. The Morgan fingerprint density at radius 1 is 1.40 bits per heavy atom. The van der Waals surface area contributed by atoms with Crippen molar-refractivity contribution >= 4 is 5.91 Å². The van der Waals surface area contributed by atoms with Crippen molar-refractivity contribution < 1.29 is 9.53 Å². The number of hydrogen-bond acceptors (Lipinski definition) is 4. The number of fused-ring (bicyclic) bond motifs is 1. The minimum Gasteiger partial charge on any atom is -0.379 e. The summed E-state index contributed by atoms with van der Waals surface area (Å²) in [6, 6.07) is 0.261. The molecule has 3 rings (SSSR count). The number of rotatable bonds is 4. The van der Waals surface area contributed by atoms with Crippen molar-refractivity contribution in [2.75, 3.05) is 32.8 Å². The number of nitrogens with one attached hydrogen (secondary N) is 1. The summed E-state index contributed by atoms with van der Waals surface area (Å²) < 4.78 is 7.47. The van der Waals surface area contributed by atoms with Crippen LogP contribution in [-0.4, -0.2) is 59.2 Å². The number of aromatic nitrogens is 2. The third-order valence-electron chi connectivity index (χ3n) is 4.10. The van der Waals surface area contributed by atoms with Crippen LogP contribution in [0, 0.1) is 0 Å². The van der Waals surface area contributed by atoms with Crippen LogP contribution in [0.4, 0.5) is 0 Å². The Hall–Kier alpha value is -1.40. The van der Waals surface area contributed by atoms with Crippen LogP contribution in [0.3, 0.4) is 0 Å². The number of ether oxygens (including phenoxy) is 1. The molecular formula is C14H22N4O2. The highest BCUT2D eigenvalue weighted by molar-refractivity contribution is 5.76. The number of nitrogens with zero attached hydrogens (tertiary/aromatic N) is 3. The highest BCUT2D eigenvalue weighted by Gasteiger charge is 2.20. The van der Waals surface area contributed by atoms with Crippen molar-refractivity contribution in [2.45, 2.75) is 31.8 Å². The molecule has 0 bridgehead atoms. The third kappa shape index (κ3) is 3.37. The van der Waals surface area contributed by atoms with Crippen LogP contribution in [0.25, 0.3) is 0 Å². The van der Waals surface area contributed by atoms with Crippen LogP contribution < -0.4 is 5.32 Å². The van der Waals surface area contributed by atoms with Gasteiger partial charge in [-0.2, -0.15) is 0 Å². The fourth-order valence-electron chi connectivity index (χ4n) is 2.88. The minimum atomic E-state index is 0.162. The summed E-state index contributed by atoms with van der Waals surface area (Å²) in [6.45, 7) is 5.23. The summed E-state index contributed by atoms with van der Waals surface area (Å²) in [6.07, 6.45) is 6.23. The Bertz CT molecular complexity index is 454. The maximum atomic E-state index is 12.0. The van der Waals surface area contributed by atoms with Crippen molar-refractivity contribution in [3.63, 3.8) is 0 Å². The van der Waals surface area contributed by atoms with Crippen molar-refractivity contribution in [2.24, 2.45) is 0 Å². The first kappa shape index (κ1) is 13.6. The van der Waals surface area contributed by atoms with Gasteiger partial charge in [0.2, 0.25) is 5.91 Å². The molecule has 1 aromatic rings. The van der Waals surface area contributed by atoms with E-state index in [0.29, 0.717) is 6.42 Å². The second-order valence-corrected chi connectivity index (χ2v) is 5.54. The highest BCUT2D eigenvalue weighted by Crippen LogP contribution is 2.14. The lowest BCUT2D eigenvalue weighted by molar-refractivity contribution is -0.122. The van der Waals surface area contributed by atoms with Crippen LogP contribution in [0.2, 0.25) is 0 Å². The molecule has 0 radical (unpaired) electrons. The third-order valence-corrected chi connectivity index (χ3v) is 4.10. The van der Waals surface area contributed by atoms with Gasteiger partial charge in [0.15, 0.2) is 0 Å². The molecule has 20 heavy (non-hydrogen) atoms. The first-order valence-corrected chi connectivity index (χ1v) is 7.40. The summed E-state index contributed by atoms with van der Waals surface area (Å²) in [5, 5.41) is 3.15. The molecule has 0 aromatic carbocycles. The topological polar surface area (TPSA) is 59.4 Å². The molecule has 1 N–H and O–H groups in total. The van der Waals surface area contributed by atoms with Gasteiger partial charge in [-0.25, -0.2) is 4.98 Å². The predicted molar refractivity (Wildman–Crippen MR) is 74.4 cm³/mol. The van der Waals surface area contributed by atoms with Crippen molar-refractivity contribution in [3.8, 4) is 0 Å². The summed E-state index contributed by atoms with van der Waals surface area (Å²) in [7, 11) is 0. The lowest BCUT2D eigenvalue weighted by Gasteiger charge is -2.27. The normalized spacial score (nSPS) is 23.3. The molecular weight excluding hydrogens is 256 g/mol. The number of carbonyl (C=O) groups is 1. The maximum absolute atomic E-state index is 12.0. The molecule has 1 saturated heterocycles. The van der Waals surface area contributed by atoms with Gasteiger partial charge in [0.1, 0.15) is 0 Å². The second kappa shape index (κ2) is 6.37. The summed E-state index contributed by atoms with van der Waals surface area (Å²) >= 11 is 0. The molecule has 110 valence electrons. The van der Waals surface area contributed by atoms with Gasteiger partial charge in [-0.3, -0.25) is 9.69 Å². The number of carbonyl (C=O) groups excluding carboxylic acids is 1. The first-order chi connectivity index (χ1) is 9.81. The average Bonchev–Trinajstić information content (AvgIpc) is 2.94. The maximum Gasteiger partial charge on any atom is 0.221 e. The zero-order chi connectivity index (χ0) is 13.8. The molecule has 6 heteroatoms. The standard InChI is InChI=1S/C14H22N4O2/c19-14(2-3-17-5-7-20-8-6-17)16-12-1-4-18-11-15-10-13(18)9-12/h10-12H,1-9H2,(H,16,19). The lowest BCUT2D eigenvalue weighted by Crippen LogP contribution is -2.42. The van der Waals surface area contributed by atoms with E-state index < -0.39 is 0 Å². The number of imidazole rings is 1. The molecule has 2 aliphatic rings. The van der Waals surface area contributed by atoms with E-state index >= 15 is 0 Å². The van der Waals surface area contributed by atoms with E-state index in [9.17, 15) is 4.79 Å². The molecule has 3 heterocycles. The van der Waals surface area contributed by atoms with E-state index in [1.165, 1.54) is 5.69 Å². The Labute approximate surface area is 119 Å². The molecule has 6 nitrogen and oxygen atoms in total. The number of morpholine rings is 1. The predicted octanol–water partition coefficient (Wildman–Crippen LogP) is 0.0364. The van der Waals surface area contributed by atoms with Crippen LogP contribution >= 0.6 is 0 Å². The largest absolute Gasteiger partial charge is 0.379 e. The number of aryl methyl sites for hydroxylation is 1. The zero-order valence-corrected chi connectivity index (χ0v) is 11.8. The molecule has 1 atom stereocenters. The zero-order valence-electron chi connectivity index (χ0n) is 11.8. The Morgan fingerprint density at radius 3 is 3.10 bits per heavy atom. The van der Waals surface area contributed by atoms with Crippen LogP contribution in [0.5, 0.6) is 0 Å². The molecule has 2 aliphatic heterocycles. The van der Waals surface area contributed by atoms with E-state index in [-0.39, 0.29) is 11.9 Å². The average molecular weight is 278 g/mol. The number of hydrogen-bond donors (Lipinski definition) is 1. The lowest BCUT2D eigenvalue weighted by atomic mass is 10.0. The van der Waals surface area contributed by atoms with Crippen molar-refractivity contribution in [3.05, 3.63) is 18.2 Å². The molecule has 1 unspecified atom stereocenters. The molecule has 0 spiro atoms. The SMILES string of the molecule is O=C(CCN1CCOCC1)NC1CCn2cncc2C1. The minimum absolute atomic E-state index is 0.162. The van der Waals surface area contributed by atoms with Gasteiger partial charge in [-0.1, -0.05) is 0 Å². The van der Waals surface area contributed by atoms with Gasteiger partial charge in [0.25, 0.3) is 0 Å². The molecule has 1 fully saturated rings. The fourth-order valence-corrected chi connectivity index (χ4v) is 2.88. The fraction of sp³-hybridized carbons (Fsp3) is 0.714. The number of amides is 1. The van der Waals surface area contributed by atoms with E-state index in [4.69, 9.17) is 4.74 Å². The smallest absolute Gasteiger partial charge is 0.221 e. The second-order valence-electron chi connectivity index (χ2n) is 5.54. The van der Waals surface area contributed by atoms with E-state index in [0.717, 1.165) is 52.2 Å². The summed E-state index contributed by atoms with van der Waals surface area (Å²) in [5.41, 5.74) is 1.22. The summed E-state index contributed by atoms with van der Waals surface area (Å²) in [4.78, 5) is 18.5. The van der Waals surface area contributed by atoms with E-state index in [2.05, 4.69) is 19.8 Å². The molecule has 0 saturated carbocycles. The molecule has 1 aromatic heterocycles. The Morgan fingerprint density at radius 2 is 2.25 bits per heavy atom. The van der Waals surface area contributed by atoms with Gasteiger partial charge < -0.3 is 14.6 Å².